The zero-order valence-corrected chi connectivity index (χ0v) is 19.3. The van der Waals surface area contributed by atoms with Crippen LogP contribution in [-0.4, -0.2) is 78.8 Å². The van der Waals surface area contributed by atoms with Gasteiger partial charge in [0.25, 0.3) is 0 Å². The monoisotopic (exact) mass is 444 g/mol. The number of carbonyl (C=O) groups is 1. The fourth-order valence-electron chi connectivity index (χ4n) is 4.31. The zero-order chi connectivity index (χ0) is 23.5. The first-order chi connectivity index (χ1) is 15.1. The molecule has 0 aromatic heterocycles. The number of hydrogen-bond donors (Lipinski definition) is 0. The highest BCUT2D eigenvalue weighted by Gasteiger charge is 2.31. The minimum Gasteiger partial charge on any atom is -0.490 e. The third kappa shape index (κ3) is 5.43. The maximum Gasteiger partial charge on any atom is 0.410 e. The molecule has 0 atom stereocenters. The molecule has 0 aliphatic carbocycles. The largest absolute Gasteiger partial charge is 0.490 e. The molecule has 1 aromatic carbocycles. The summed E-state index contributed by atoms with van der Waals surface area (Å²) < 4.78 is 10.7. The van der Waals surface area contributed by atoms with Gasteiger partial charge in [-0.05, 0) is 33.6 Å². The summed E-state index contributed by atoms with van der Waals surface area (Å²) in [4.78, 5) is 29.5. The van der Waals surface area contributed by atoms with Gasteiger partial charge in [0.2, 0.25) is 0 Å². The number of amides is 1. The minimum atomic E-state index is -0.487. The fraction of sp³-hybridized carbons (Fsp3) is 0.609. The van der Waals surface area contributed by atoms with Crippen molar-refractivity contribution in [1.82, 2.24) is 9.80 Å². The van der Waals surface area contributed by atoms with Gasteiger partial charge in [0, 0.05) is 57.4 Å². The van der Waals surface area contributed by atoms with Crippen molar-refractivity contribution in [3.8, 4) is 18.1 Å². The summed E-state index contributed by atoms with van der Waals surface area (Å²) in [5.41, 5.74) is 0.686. The van der Waals surface area contributed by atoms with E-state index in [1.807, 2.05) is 20.8 Å². The molecule has 174 valence electrons. The van der Waals surface area contributed by atoms with E-state index in [4.69, 9.17) is 15.9 Å². The third-order valence-corrected chi connectivity index (χ3v) is 5.94. The predicted octanol–water partition coefficient (Wildman–Crippen LogP) is 3.11. The quantitative estimate of drug-likeness (QED) is 0.401. The second-order valence-electron chi connectivity index (χ2n) is 9.16. The molecule has 2 aliphatic rings. The minimum absolute atomic E-state index is 0.123. The van der Waals surface area contributed by atoms with E-state index in [1.165, 1.54) is 13.2 Å². The number of anilines is 1. The number of nitro benzene ring substituents is 1. The van der Waals surface area contributed by atoms with Gasteiger partial charge >= 0.3 is 11.8 Å². The molecule has 3 rings (SSSR count). The van der Waals surface area contributed by atoms with Crippen LogP contribution in [0, 0.1) is 22.5 Å². The van der Waals surface area contributed by atoms with Gasteiger partial charge in [-0.1, -0.05) is 5.92 Å². The highest BCUT2D eigenvalue weighted by molar-refractivity contribution is 5.69. The molecule has 2 fully saturated rings. The summed E-state index contributed by atoms with van der Waals surface area (Å²) in [6.07, 6.45) is 7.31. The summed E-state index contributed by atoms with van der Waals surface area (Å²) in [5.74, 6) is 2.80. The number of rotatable bonds is 4. The van der Waals surface area contributed by atoms with E-state index >= 15 is 0 Å². The number of ether oxygens (including phenoxy) is 2. The maximum absolute atomic E-state index is 12.3. The van der Waals surface area contributed by atoms with Crippen LogP contribution in [0.2, 0.25) is 0 Å². The Labute approximate surface area is 189 Å². The van der Waals surface area contributed by atoms with Crippen LogP contribution in [0.25, 0.3) is 0 Å². The molecule has 2 heterocycles. The molecule has 0 unspecified atom stereocenters. The lowest BCUT2D eigenvalue weighted by Crippen LogP contribution is -2.55. The van der Waals surface area contributed by atoms with E-state index < -0.39 is 10.5 Å². The van der Waals surface area contributed by atoms with Gasteiger partial charge in [-0.25, -0.2) is 4.79 Å². The third-order valence-electron chi connectivity index (χ3n) is 5.94. The summed E-state index contributed by atoms with van der Waals surface area (Å²) in [7, 11) is 1.42. The average Bonchev–Trinajstić information content (AvgIpc) is 2.77. The topological polar surface area (TPSA) is 88.4 Å². The Morgan fingerprint density at radius 3 is 2.28 bits per heavy atom. The Kier molecular flexibility index (Phi) is 7.14. The van der Waals surface area contributed by atoms with Crippen molar-refractivity contribution in [2.45, 2.75) is 45.3 Å². The van der Waals surface area contributed by atoms with E-state index in [1.54, 1.807) is 11.0 Å². The van der Waals surface area contributed by atoms with E-state index in [-0.39, 0.29) is 17.5 Å². The van der Waals surface area contributed by atoms with Crippen molar-refractivity contribution in [2.24, 2.45) is 0 Å². The van der Waals surface area contributed by atoms with Gasteiger partial charge in [-0.3, -0.25) is 15.0 Å². The maximum atomic E-state index is 12.3. The van der Waals surface area contributed by atoms with E-state index in [0.29, 0.717) is 24.7 Å². The van der Waals surface area contributed by atoms with Gasteiger partial charge in [-0.2, -0.15) is 0 Å². The van der Waals surface area contributed by atoms with Gasteiger partial charge in [0.15, 0.2) is 5.75 Å². The highest BCUT2D eigenvalue weighted by Crippen LogP contribution is 2.36. The smallest absolute Gasteiger partial charge is 0.410 e. The lowest BCUT2D eigenvalue weighted by molar-refractivity contribution is -0.385. The van der Waals surface area contributed by atoms with E-state index in [0.717, 1.165) is 44.7 Å². The first-order valence-corrected chi connectivity index (χ1v) is 10.9. The van der Waals surface area contributed by atoms with Crippen molar-refractivity contribution >= 4 is 17.5 Å². The molecule has 2 saturated heterocycles. The first kappa shape index (κ1) is 23.7. The molecular weight excluding hydrogens is 412 g/mol. The number of piperidine rings is 1. The highest BCUT2D eigenvalue weighted by atomic mass is 16.6. The Hall–Kier alpha value is -2.99. The van der Waals surface area contributed by atoms with E-state index in [9.17, 15) is 14.9 Å². The van der Waals surface area contributed by atoms with Crippen molar-refractivity contribution in [3.05, 3.63) is 27.8 Å². The zero-order valence-electron chi connectivity index (χ0n) is 19.3. The Morgan fingerprint density at radius 1 is 1.16 bits per heavy atom. The molecule has 9 nitrogen and oxygen atoms in total. The summed E-state index contributed by atoms with van der Waals surface area (Å²) in [5, 5.41) is 11.3. The molecule has 0 saturated carbocycles. The summed E-state index contributed by atoms with van der Waals surface area (Å²) in [6, 6.07) is 3.52. The standard InChI is InChI=1S/C23H32N4O5/c1-6-17-15-20(27(29)30)21(31-5)16-19(17)25-9-7-18(8-10-25)24-11-13-26(14-12-24)22(28)32-23(2,3)4/h1,15-16,18H,7-14H2,2-5H3. The van der Waals surface area contributed by atoms with Crippen LogP contribution in [0.5, 0.6) is 5.75 Å². The molecule has 1 amide bonds. The van der Waals surface area contributed by atoms with Crippen LogP contribution in [-0.2, 0) is 4.74 Å². The summed E-state index contributed by atoms with van der Waals surface area (Å²) >= 11 is 0. The predicted molar refractivity (Wildman–Crippen MR) is 122 cm³/mol. The second kappa shape index (κ2) is 9.65. The Balaban J connectivity index is 1.59. The SMILES string of the molecule is C#Cc1cc([N+](=O)[O-])c(OC)cc1N1CCC(N2CCN(C(=O)OC(C)(C)C)CC2)CC1. The molecule has 2 aliphatic heterocycles. The number of piperazine rings is 1. The van der Waals surface area contributed by atoms with E-state index in [2.05, 4.69) is 15.7 Å². The Morgan fingerprint density at radius 2 is 1.78 bits per heavy atom. The lowest BCUT2D eigenvalue weighted by atomic mass is 10.00. The van der Waals surface area contributed by atoms with Crippen LogP contribution < -0.4 is 9.64 Å². The normalized spacial score (nSPS) is 18.2. The number of methoxy groups -OCH3 is 1. The van der Waals surface area contributed by atoms with Crippen LogP contribution in [0.15, 0.2) is 12.1 Å². The van der Waals surface area contributed by atoms with Gasteiger partial charge in [-0.15, -0.1) is 6.42 Å². The molecule has 1 aromatic rings. The molecular formula is C23H32N4O5. The van der Waals surface area contributed by atoms with Crippen LogP contribution in [0.1, 0.15) is 39.2 Å². The average molecular weight is 445 g/mol. The molecule has 0 N–H and O–H groups in total. The van der Waals surface area contributed by atoms with Gasteiger partial charge in [0.05, 0.1) is 23.3 Å². The van der Waals surface area contributed by atoms with Crippen molar-refractivity contribution in [2.75, 3.05) is 51.3 Å². The number of hydrogen-bond acceptors (Lipinski definition) is 7. The number of nitro groups is 1. The van der Waals surface area contributed by atoms with Crippen LogP contribution in [0.4, 0.5) is 16.2 Å². The number of carbonyl (C=O) groups excluding carboxylic acids is 1. The molecule has 0 radical (unpaired) electrons. The Bertz CT molecular complexity index is 889. The lowest BCUT2D eigenvalue weighted by Gasteiger charge is -2.43. The first-order valence-electron chi connectivity index (χ1n) is 10.9. The number of terminal acetylenes is 1. The van der Waals surface area contributed by atoms with Crippen molar-refractivity contribution in [1.29, 1.82) is 0 Å². The second-order valence-corrected chi connectivity index (χ2v) is 9.16. The van der Waals surface area contributed by atoms with Crippen LogP contribution >= 0.6 is 0 Å². The molecule has 0 spiro atoms. The number of nitrogens with zero attached hydrogens (tertiary/aromatic N) is 4. The van der Waals surface area contributed by atoms with Gasteiger partial charge in [0.1, 0.15) is 5.60 Å². The molecule has 32 heavy (non-hydrogen) atoms. The van der Waals surface area contributed by atoms with Gasteiger partial charge < -0.3 is 19.3 Å². The van der Waals surface area contributed by atoms with Crippen molar-refractivity contribution in [3.63, 3.8) is 0 Å². The summed E-state index contributed by atoms with van der Waals surface area (Å²) in [6.45, 7) is 10.2. The van der Waals surface area contributed by atoms with Crippen molar-refractivity contribution < 1.29 is 19.2 Å². The van der Waals surface area contributed by atoms with Crippen LogP contribution in [0.3, 0.4) is 0 Å². The molecule has 0 bridgehead atoms. The molecule has 9 heteroatoms. The number of benzene rings is 1. The fourth-order valence-corrected chi connectivity index (χ4v) is 4.31.